The maximum Gasteiger partial charge on any atom is 0.262 e. The fraction of sp³-hybridized carbons (Fsp3) is 0.133. The van der Waals surface area contributed by atoms with E-state index >= 15 is 0 Å². The summed E-state index contributed by atoms with van der Waals surface area (Å²) in [5, 5.41) is 8.80. The van der Waals surface area contributed by atoms with E-state index in [0.29, 0.717) is 5.56 Å². The number of sulfonamides is 1. The summed E-state index contributed by atoms with van der Waals surface area (Å²) in [6, 6.07) is 11.3. The molecule has 2 aromatic rings. The molecular formula is C15H13FN2O3S. The van der Waals surface area contributed by atoms with Gasteiger partial charge in [-0.2, -0.15) is 5.26 Å². The van der Waals surface area contributed by atoms with Crippen LogP contribution in [-0.4, -0.2) is 15.0 Å². The number of hydrogen-bond donors (Lipinski definition) is 1. The predicted molar refractivity (Wildman–Crippen MR) is 79.5 cm³/mol. The molecule has 0 spiro atoms. The molecule has 0 bridgehead atoms. The normalized spacial score (nSPS) is 10.8. The highest BCUT2D eigenvalue weighted by Gasteiger charge is 2.17. The summed E-state index contributed by atoms with van der Waals surface area (Å²) in [5.74, 6) is -0.761. The third kappa shape index (κ3) is 3.54. The van der Waals surface area contributed by atoms with E-state index in [4.69, 9.17) is 10.00 Å². The quantitative estimate of drug-likeness (QED) is 0.918. The zero-order valence-electron chi connectivity index (χ0n) is 11.7. The second-order valence-corrected chi connectivity index (χ2v) is 6.01. The van der Waals surface area contributed by atoms with Gasteiger partial charge < -0.3 is 4.74 Å². The average Bonchev–Trinajstić information content (AvgIpc) is 2.49. The van der Waals surface area contributed by atoms with E-state index in [0.717, 1.165) is 6.07 Å². The zero-order chi connectivity index (χ0) is 16.2. The van der Waals surface area contributed by atoms with Gasteiger partial charge >= 0.3 is 0 Å². The van der Waals surface area contributed by atoms with Gasteiger partial charge in [0, 0.05) is 0 Å². The monoisotopic (exact) mass is 320 g/mol. The Morgan fingerprint density at radius 2 is 2.05 bits per heavy atom. The summed E-state index contributed by atoms with van der Waals surface area (Å²) >= 11 is 0. The SMILES string of the molecule is CCOc1ccc(S(=O)(=O)Nc2cccc(C#N)c2)cc1F. The molecule has 0 aliphatic rings. The molecule has 114 valence electrons. The minimum Gasteiger partial charge on any atom is -0.491 e. The smallest absolute Gasteiger partial charge is 0.262 e. The number of nitriles is 1. The molecular weight excluding hydrogens is 307 g/mol. The van der Waals surface area contributed by atoms with Crippen LogP contribution >= 0.6 is 0 Å². The third-order valence-corrected chi connectivity index (χ3v) is 4.14. The van der Waals surface area contributed by atoms with Crippen molar-refractivity contribution in [2.24, 2.45) is 0 Å². The molecule has 0 aliphatic carbocycles. The molecule has 0 aromatic heterocycles. The molecule has 2 rings (SSSR count). The number of rotatable bonds is 5. The Balaban J connectivity index is 2.30. The van der Waals surface area contributed by atoms with E-state index in [1.165, 1.54) is 24.3 Å². The summed E-state index contributed by atoms with van der Waals surface area (Å²) in [7, 11) is -3.95. The number of ether oxygens (including phenoxy) is 1. The van der Waals surface area contributed by atoms with Crippen LogP contribution in [0.2, 0.25) is 0 Å². The van der Waals surface area contributed by atoms with Gasteiger partial charge in [-0.3, -0.25) is 4.72 Å². The summed E-state index contributed by atoms with van der Waals surface area (Å²) in [6.45, 7) is 1.98. The maximum absolute atomic E-state index is 13.8. The Hall–Kier alpha value is -2.59. The molecule has 1 N–H and O–H groups in total. The second kappa shape index (κ2) is 6.45. The fourth-order valence-corrected chi connectivity index (χ4v) is 2.85. The van der Waals surface area contributed by atoms with E-state index < -0.39 is 15.8 Å². The molecule has 0 fully saturated rings. The van der Waals surface area contributed by atoms with E-state index in [1.807, 2.05) is 6.07 Å². The van der Waals surface area contributed by atoms with Crippen LogP contribution in [0.25, 0.3) is 0 Å². The van der Waals surface area contributed by atoms with Gasteiger partial charge in [-0.1, -0.05) is 6.07 Å². The Kier molecular flexibility index (Phi) is 4.63. The molecule has 0 amide bonds. The van der Waals surface area contributed by atoms with Gasteiger partial charge in [-0.15, -0.1) is 0 Å². The highest BCUT2D eigenvalue weighted by atomic mass is 32.2. The van der Waals surface area contributed by atoms with Crippen LogP contribution in [-0.2, 0) is 10.0 Å². The topological polar surface area (TPSA) is 79.2 Å². The van der Waals surface area contributed by atoms with Gasteiger partial charge in [-0.05, 0) is 43.3 Å². The molecule has 0 atom stereocenters. The summed E-state index contributed by atoms with van der Waals surface area (Å²) in [5.41, 5.74) is 0.548. The second-order valence-electron chi connectivity index (χ2n) is 4.32. The van der Waals surface area contributed by atoms with Gasteiger partial charge in [-0.25, -0.2) is 12.8 Å². The van der Waals surface area contributed by atoms with E-state index in [1.54, 1.807) is 19.1 Å². The van der Waals surface area contributed by atoms with Crippen LogP contribution in [0, 0.1) is 17.1 Å². The van der Waals surface area contributed by atoms with E-state index in [2.05, 4.69) is 4.72 Å². The number of nitrogens with zero attached hydrogens (tertiary/aromatic N) is 1. The number of benzene rings is 2. The number of nitrogens with one attached hydrogen (secondary N) is 1. The lowest BCUT2D eigenvalue weighted by Gasteiger charge is -2.10. The minimum atomic E-state index is -3.95. The summed E-state index contributed by atoms with van der Waals surface area (Å²) < 4.78 is 45.5. The van der Waals surface area contributed by atoms with Gasteiger partial charge in [0.25, 0.3) is 10.0 Å². The molecule has 0 heterocycles. The van der Waals surface area contributed by atoms with Crippen LogP contribution in [0.5, 0.6) is 5.75 Å². The predicted octanol–water partition coefficient (Wildman–Crippen LogP) is 2.90. The Morgan fingerprint density at radius 1 is 1.27 bits per heavy atom. The van der Waals surface area contributed by atoms with Gasteiger partial charge in [0.2, 0.25) is 0 Å². The number of anilines is 1. The standard InChI is InChI=1S/C15H13FN2O3S/c1-2-21-15-7-6-13(9-14(15)16)22(19,20)18-12-5-3-4-11(8-12)10-17/h3-9,18H,2H2,1H3. The van der Waals surface area contributed by atoms with Crippen LogP contribution in [0.1, 0.15) is 12.5 Å². The van der Waals surface area contributed by atoms with E-state index in [-0.39, 0.29) is 22.9 Å². The van der Waals surface area contributed by atoms with Gasteiger partial charge in [0.1, 0.15) is 0 Å². The summed E-state index contributed by atoms with van der Waals surface area (Å²) in [4.78, 5) is -0.226. The van der Waals surface area contributed by atoms with Gasteiger partial charge in [0.05, 0.1) is 28.8 Å². The summed E-state index contributed by atoms with van der Waals surface area (Å²) in [6.07, 6.45) is 0. The maximum atomic E-state index is 13.8. The van der Waals surface area contributed by atoms with Crippen molar-refractivity contribution in [2.45, 2.75) is 11.8 Å². The Morgan fingerprint density at radius 3 is 2.68 bits per heavy atom. The lowest BCUT2D eigenvalue weighted by atomic mass is 10.2. The number of halogens is 1. The van der Waals surface area contributed by atoms with Crippen molar-refractivity contribution in [3.63, 3.8) is 0 Å². The van der Waals surface area contributed by atoms with Crippen molar-refractivity contribution in [1.29, 1.82) is 5.26 Å². The minimum absolute atomic E-state index is 0.00655. The lowest BCUT2D eigenvalue weighted by molar-refractivity contribution is 0.321. The van der Waals surface area contributed by atoms with Gasteiger partial charge in [0.15, 0.2) is 11.6 Å². The lowest BCUT2D eigenvalue weighted by Crippen LogP contribution is -2.13. The first-order valence-corrected chi connectivity index (χ1v) is 7.90. The average molecular weight is 320 g/mol. The molecule has 0 saturated carbocycles. The highest BCUT2D eigenvalue weighted by molar-refractivity contribution is 7.92. The van der Waals surface area contributed by atoms with Crippen molar-refractivity contribution < 1.29 is 17.5 Å². The first kappa shape index (κ1) is 15.8. The first-order valence-electron chi connectivity index (χ1n) is 6.41. The van der Waals surface area contributed by atoms with Crippen molar-refractivity contribution in [2.75, 3.05) is 11.3 Å². The Bertz CT molecular complexity index is 829. The molecule has 22 heavy (non-hydrogen) atoms. The number of hydrogen-bond acceptors (Lipinski definition) is 4. The molecule has 7 heteroatoms. The molecule has 5 nitrogen and oxygen atoms in total. The van der Waals surface area contributed by atoms with Crippen LogP contribution in [0.3, 0.4) is 0 Å². The van der Waals surface area contributed by atoms with Crippen molar-refractivity contribution >= 4 is 15.7 Å². The third-order valence-electron chi connectivity index (χ3n) is 2.76. The van der Waals surface area contributed by atoms with E-state index in [9.17, 15) is 12.8 Å². The van der Waals surface area contributed by atoms with Crippen LogP contribution < -0.4 is 9.46 Å². The highest BCUT2D eigenvalue weighted by Crippen LogP contribution is 2.23. The largest absolute Gasteiger partial charge is 0.491 e. The van der Waals surface area contributed by atoms with Crippen LogP contribution in [0.15, 0.2) is 47.4 Å². The molecule has 2 aromatic carbocycles. The molecule has 0 saturated heterocycles. The van der Waals surface area contributed by atoms with Crippen LogP contribution in [0.4, 0.5) is 10.1 Å². The van der Waals surface area contributed by atoms with Crippen molar-refractivity contribution in [3.8, 4) is 11.8 Å². The fourth-order valence-electron chi connectivity index (χ4n) is 1.79. The van der Waals surface area contributed by atoms with Crippen molar-refractivity contribution in [1.82, 2.24) is 0 Å². The first-order chi connectivity index (χ1) is 10.5. The molecule has 0 unspecified atom stereocenters. The zero-order valence-corrected chi connectivity index (χ0v) is 12.5. The molecule has 0 radical (unpaired) electrons. The Labute approximate surface area is 128 Å². The molecule has 0 aliphatic heterocycles. The van der Waals surface area contributed by atoms with Crippen molar-refractivity contribution in [3.05, 3.63) is 53.8 Å².